The summed E-state index contributed by atoms with van der Waals surface area (Å²) in [6.07, 6.45) is 2.61. The summed E-state index contributed by atoms with van der Waals surface area (Å²) in [4.78, 5) is 111. The lowest BCUT2D eigenvalue weighted by Crippen LogP contribution is -2.58. The number of nitrogens with two attached hydrogens (primary N) is 2. The number of aromatic amines is 1. The van der Waals surface area contributed by atoms with Crippen LogP contribution in [0.1, 0.15) is 50.8 Å². The number of likely N-dealkylation sites (tertiary alicyclic amines) is 1. The normalized spacial score (nSPS) is 16.5. The number of hydrogen-bond donors (Lipinski definition) is 10. The molecule has 1 aliphatic heterocycles. The molecule has 1 fully saturated rings. The molecule has 1 aromatic heterocycles. The van der Waals surface area contributed by atoms with Gasteiger partial charge in [-0.2, -0.15) is 0 Å². The van der Waals surface area contributed by atoms with Crippen LogP contribution in [0.15, 0.2) is 42.9 Å². The lowest BCUT2D eigenvalue weighted by atomic mass is 10.0. The van der Waals surface area contributed by atoms with Crippen molar-refractivity contribution < 1.29 is 48.6 Å². The van der Waals surface area contributed by atoms with Crippen molar-refractivity contribution in [3.8, 4) is 0 Å². The number of hydrogen-bond acceptors (Lipinski definition) is 11. The quantitative estimate of drug-likeness (QED) is 0.0593. The summed E-state index contributed by atoms with van der Waals surface area (Å²) in [6, 6.07) is 1.17. The smallest absolute Gasteiger partial charge is 0.326 e. The molecule has 6 atom stereocenters. The zero-order valence-corrected chi connectivity index (χ0v) is 30.7. The number of carbonyl (C=O) groups is 8. The van der Waals surface area contributed by atoms with Gasteiger partial charge < -0.3 is 58.1 Å². The zero-order valence-electron chi connectivity index (χ0n) is 30.7. The SMILES string of the molecule is CC(C)[C@H](NC(=O)[C@@H](N)CO)C(=O)NCC(=O)N1CCC[C@H]1C(=O)N[C@@H](Cc1ccccc1)C(=O)N[C@@H](CCC(N)=O)C(=O)N[C@@H](Cc1cnc[nH]1)C(=O)O. The molecule has 1 aliphatic rings. The van der Waals surface area contributed by atoms with Gasteiger partial charge in [0.25, 0.3) is 0 Å². The first kappa shape index (κ1) is 43.5. The van der Waals surface area contributed by atoms with Crippen LogP contribution in [0.25, 0.3) is 0 Å². The third-order valence-electron chi connectivity index (χ3n) is 8.89. The highest BCUT2D eigenvalue weighted by molar-refractivity contribution is 5.96. The van der Waals surface area contributed by atoms with E-state index in [-0.39, 0.29) is 38.6 Å². The average molecular weight is 771 g/mol. The van der Waals surface area contributed by atoms with Crippen LogP contribution in [0.2, 0.25) is 0 Å². The molecule has 300 valence electrons. The van der Waals surface area contributed by atoms with E-state index in [0.717, 1.165) is 0 Å². The summed E-state index contributed by atoms with van der Waals surface area (Å²) in [7, 11) is 0. The Morgan fingerprint density at radius 2 is 1.58 bits per heavy atom. The number of carboxylic acids is 1. The van der Waals surface area contributed by atoms with Gasteiger partial charge in [-0.3, -0.25) is 33.6 Å². The minimum absolute atomic E-state index is 0.0425. The van der Waals surface area contributed by atoms with E-state index in [0.29, 0.717) is 17.7 Å². The van der Waals surface area contributed by atoms with Crippen molar-refractivity contribution in [2.24, 2.45) is 17.4 Å². The van der Waals surface area contributed by atoms with Crippen molar-refractivity contribution in [2.45, 2.75) is 88.6 Å². The molecule has 1 saturated heterocycles. The number of nitrogens with one attached hydrogen (secondary N) is 6. The highest BCUT2D eigenvalue weighted by atomic mass is 16.4. The first-order chi connectivity index (χ1) is 26.1. The van der Waals surface area contributed by atoms with Gasteiger partial charge in [0, 0.05) is 37.7 Å². The predicted octanol–water partition coefficient (Wildman–Crippen LogP) is -3.43. The van der Waals surface area contributed by atoms with Crippen LogP contribution in [0, 0.1) is 5.92 Å². The molecule has 0 unspecified atom stereocenters. The van der Waals surface area contributed by atoms with Gasteiger partial charge in [0.2, 0.25) is 41.4 Å². The third kappa shape index (κ3) is 13.5. The van der Waals surface area contributed by atoms with Gasteiger partial charge in [0.15, 0.2) is 0 Å². The van der Waals surface area contributed by atoms with E-state index < -0.39 is 103 Å². The van der Waals surface area contributed by atoms with Gasteiger partial charge in [0.05, 0.1) is 19.5 Å². The average Bonchev–Trinajstić information content (AvgIpc) is 3.86. The molecular formula is C35H50N10O10. The Labute approximate surface area is 316 Å². The number of primary amides is 1. The molecule has 0 spiro atoms. The van der Waals surface area contributed by atoms with Crippen LogP contribution < -0.4 is 38.1 Å². The monoisotopic (exact) mass is 770 g/mol. The van der Waals surface area contributed by atoms with E-state index in [2.05, 4.69) is 36.6 Å². The number of rotatable bonds is 21. The van der Waals surface area contributed by atoms with Gasteiger partial charge in [-0.05, 0) is 30.7 Å². The highest BCUT2D eigenvalue weighted by Crippen LogP contribution is 2.18. The zero-order chi connectivity index (χ0) is 40.7. The van der Waals surface area contributed by atoms with Gasteiger partial charge in [-0.1, -0.05) is 44.2 Å². The molecule has 1 aromatic carbocycles. The Kier molecular flexibility index (Phi) is 16.7. The molecule has 20 heteroatoms. The molecule has 3 rings (SSSR count). The Morgan fingerprint density at radius 3 is 2.18 bits per heavy atom. The molecule has 20 nitrogen and oxygen atoms in total. The highest BCUT2D eigenvalue weighted by Gasteiger charge is 2.37. The number of benzene rings is 1. The van der Waals surface area contributed by atoms with Gasteiger partial charge >= 0.3 is 5.97 Å². The number of aliphatic carboxylic acids is 1. The van der Waals surface area contributed by atoms with Crippen LogP contribution >= 0.6 is 0 Å². The second-order valence-corrected chi connectivity index (χ2v) is 13.5. The maximum Gasteiger partial charge on any atom is 0.326 e. The Morgan fingerprint density at radius 1 is 0.909 bits per heavy atom. The Balaban J connectivity index is 1.75. The van der Waals surface area contributed by atoms with E-state index in [1.807, 2.05) is 0 Å². The summed E-state index contributed by atoms with van der Waals surface area (Å²) in [5.41, 5.74) is 11.9. The van der Waals surface area contributed by atoms with E-state index in [9.17, 15) is 43.5 Å². The number of nitrogens with zero attached hydrogens (tertiary/aromatic N) is 2. The molecule has 0 bridgehead atoms. The lowest BCUT2D eigenvalue weighted by Gasteiger charge is -2.28. The topological polar surface area (TPSA) is 321 Å². The summed E-state index contributed by atoms with van der Waals surface area (Å²) in [5.74, 6) is -6.96. The third-order valence-corrected chi connectivity index (χ3v) is 8.89. The van der Waals surface area contributed by atoms with Crippen molar-refractivity contribution >= 4 is 47.3 Å². The van der Waals surface area contributed by atoms with Crippen LogP contribution in [0.3, 0.4) is 0 Å². The van der Waals surface area contributed by atoms with E-state index in [1.54, 1.807) is 44.2 Å². The number of carboxylic acid groups (broad SMARTS) is 1. The second kappa shape index (κ2) is 21.1. The second-order valence-electron chi connectivity index (χ2n) is 13.5. The van der Waals surface area contributed by atoms with E-state index in [1.165, 1.54) is 17.4 Å². The van der Waals surface area contributed by atoms with Crippen LogP contribution in [-0.2, 0) is 51.2 Å². The molecule has 0 aliphatic carbocycles. The molecule has 0 saturated carbocycles. The molecule has 12 N–H and O–H groups in total. The predicted molar refractivity (Wildman–Crippen MR) is 194 cm³/mol. The number of aromatic nitrogens is 2. The van der Waals surface area contributed by atoms with Crippen molar-refractivity contribution in [1.29, 1.82) is 0 Å². The summed E-state index contributed by atoms with van der Waals surface area (Å²) >= 11 is 0. The fraction of sp³-hybridized carbons (Fsp3) is 0.514. The molecule has 2 heterocycles. The number of H-pyrrole nitrogens is 1. The lowest BCUT2D eigenvalue weighted by molar-refractivity contribution is -0.142. The molecular weight excluding hydrogens is 720 g/mol. The van der Waals surface area contributed by atoms with Crippen molar-refractivity contribution in [3.05, 3.63) is 54.1 Å². The first-order valence-corrected chi connectivity index (χ1v) is 17.8. The van der Waals surface area contributed by atoms with Crippen LogP contribution in [0.4, 0.5) is 0 Å². The fourth-order valence-corrected chi connectivity index (χ4v) is 5.83. The maximum atomic E-state index is 13.9. The summed E-state index contributed by atoms with van der Waals surface area (Å²) in [5, 5.41) is 31.4. The Hall–Kier alpha value is -5.89. The minimum atomic E-state index is -1.43. The number of imidazole rings is 1. The van der Waals surface area contributed by atoms with Gasteiger partial charge in [0.1, 0.15) is 36.3 Å². The van der Waals surface area contributed by atoms with Gasteiger partial charge in [-0.25, -0.2) is 9.78 Å². The number of aliphatic hydroxyl groups is 1. The van der Waals surface area contributed by atoms with Crippen molar-refractivity contribution in [3.63, 3.8) is 0 Å². The molecule has 0 radical (unpaired) electrons. The van der Waals surface area contributed by atoms with Crippen LogP contribution in [0.5, 0.6) is 0 Å². The molecule has 2 aromatic rings. The largest absolute Gasteiger partial charge is 0.480 e. The van der Waals surface area contributed by atoms with Crippen molar-refractivity contribution in [1.82, 2.24) is 41.5 Å². The van der Waals surface area contributed by atoms with Crippen molar-refractivity contribution in [2.75, 3.05) is 19.7 Å². The fourth-order valence-electron chi connectivity index (χ4n) is 5.83. The summed E-state index contributed by atoms with van der Waals surface area (Å²) < 4.78 is 0. The number of aliphatic hydroxyl groups excluding tert-OH is 1. The Bertz CT molecular complexity index is 1660. The van der Waals surface area contributed by atoms with E-state index >= 15 is 0 Å². The van der Waals surface area contributed by atoms with Crippen LogP contribution in [-0.4, -0.2) is 128 Å². The summed E-state index contributed by atoms with van der Waals surface area (Å²) in [6.45, 7) is 2.38. The van der Waals surface area contributed by atoms with E-state index in [4.69, 9.17) is 16.6 Å². The standard InChI is InChI=1S/C35H50N10O10/c1-19(2)29(44-30(49)22(36)17-46)34(53)39-16-28(48)45-12-6-9-26(45)33(52)42-24(13-20-7-4-3-5-8-20)32(51)41-23(10-11-27(37)47)31(50)43-25(35(54)55)14-21-15-38-18-40-21/h3-5,7-8,15,18-19,22-26,29,46H,6,9-14,16-17,36H2,1-2H3,(H2,37,47)(H,38,40)(H,39,53)(H,41,51)(H,42,52)(H,43,50)(H,44,49)(H,54,55)/t22-,23-,24-,25-,26-,29-/m0/s1. The minimum Gasteiger partial charge on any atom is -0.480 e. The van der Waals surface area contributed by atoms with Gasteiger partial charge in [-0.15, -0.1) is 0 Å². The first-order valence-electron chi connectivity index (χ1n) is 17.8. The number of amides is 7. The maximum absolute atomic E-state index is 13.9. The molecule has 7 amide bonds. The number of carbonyl (C=O) groups excluding carboxylic acids is 7. The molecule has 55 heavy (non-hydrogen) atoms.